The van der Waals surface area contributed by atoms with Gasteiger partial charge in [-0.15, -0.1) is 0 Å². The molecule has 3 fully saturated rings. The lowest BCUT2D eigenvalue weighted by atomic mass is 9.89. The van der Waals surface area contributed by atoms with Crippen LogP contribution in [-0.2, 0) is 19.2 Å². The lowest BCUT2D eigenvalue weighted by Gasteiger charge is -2.32. The first kappa shape index (κ1) is 43.0. The average molecular weight is 851 g/mol. The van der Waals surface area contributed by atoms with Crippen molar-refractivity contribution in [2.75, 3.05) is 62.6 Å². The van der Waals surface area contributed by atoms with Gasteiger partial charge in [-0.2, -0.15) is 13.8 Å². The number of piperidine rings is 2. The van der Waals surface area contributed by atoms with E-state index in [-0.39, 0.29) is 83.7 Å². The third kappa shape index (κ3) is 9.44. The molecular formula is C42H49F3N8O8. The molecule has 0 bridgehead atoms. The minimum atomic E-state index is -3.64. The van der Waals surface area contributed by atoms with Crippen molar-refractivity contribution in [2.24, 2.45) is 0 Å². The van der Waals surface area contributed by atoms with Gasteiger partial charge in [0.25, 0.3) is 11.8 Å². The fourth-order valence-corrected chi connectivity index (χ4v) is 8.39. The highest BCUT2D eigenvalue weighted by Gasteiger charge is 2.49. The molecule has 1 aliphatic carbocycles. The van der Waals surface area contributed by atoms with E-state index in [1.54, 1.807) is 23.1 Å². The van der Waals surface area contributed by atoms with Crippen LogP contribution < -0.4 is 40.0 Å². The molecule has 1 saturated carbocycles. The van der Waals surface area contributed by atoms with Gasteiger partial charge in [0.05, 0.1) is 50.7 Å². The highest BCUT2D eigenvalue weighted by atomic mass is 19.3. The van der Waals surface area contributed by atoms with E-state index >= 15 is 13.2 Å². The van der Waals surface area contributed by atoms with E-state index in [0.717, 1.165) is 23.8 Å². The largest absolute Gasteiger partial charge is 0.496 e. The number of methoxy groups -OCH3 is 2. The standard InChI is InChI=1S/C42H49F3N8O8/c1-51-32-22-46-41(50-37(32)53(25-7-4-5-8-25)23-42(44,45)40(51)58)48-31-21-30(43)29(20-34(31)60-3)39(57)47-24-14-16-52(17-15-24)36(55)9-6-18-61-26-10-12-33(59-2)28(19-26)27-11-13-35(54)49-38(27)56/h10,12,19-22,24-25,27H,4-9,11,13-18,23H2,1-3H3,(H,47,57)(H,46,48,50)(H,49,54,56). The number of hydrogen-bond acceptors (Lipinski definition) is 12. The molecule has 61 heavy (non-hydrogen) atoms. The fraction of sp³-hybridized carbons (Fsp3) is 0.500. The number of nitrogens with zero attached hydrogens (tertiary/aromatic N) is 5. The number of likely N-dealkylation sites (tertiary alicyclic amines) is 1. The topological polar surface area (TPSA) is 185 Å². The number of ether oxygens (including phenoxy) is 3. The van der Waals surface area contributed by atoms with Crippen LogP contribution in [0.5, 0.6) is 17.2 Å². The third-order valence-electron chi connectivity index (χ3n) is 11.7. The zero-order valence-electron chi connectivity index (χ0n) is 34.2. The van der Waals surface area contributed by atoms with Gasteiger partial charge >= 0.3 is 5.92 Å². The molecule has 3 N–H and O–H groups in total. The van der Waals surface area contributed by atoms with Crippen molar-refractivity contribution >= 4 is 52.7 Å². The molecule has 0 radical (unpaired) electrons. The van der Waals surface area contributed by atoms with Gasteiger partial charge in [-0.3, -0.25) is 29.3 Å². The van der Waals surface area contributed by atoms with E-state index in [0.29, 0.717) is 68.7 Å². The number of carbonyl (C=O) groups excluding carboxylic acids is 5. The van der Waals surface area contributed by atoms with Crippen molar-refractivity contribution in [3.63, 3.8) is 0 Å². The number of fused-ring (bicyclic) bond motifs is 1. The molecule has 0 spiro atoms. The lowest BCUT2D eigenvalue weighted by Crippen LogP contribution is -2.48. The SMILES string of the molecule is COc1cc(C(=O)NC2CCN(C(=O)CCCOc3ccc(OC)c(C4CCC(=O)NC4=O)c3)CC2)c(F)cc1Nc1ncc2c(n1)N(C1CCCC1)CC(F)(F)C(=O)N2C. The van der Waals surface area contributed by atoms with Crippen LogP contribution in [0.15, 0.2) is 36.5 Å². The first-order chi connectivity index (χ1) is 29.3. The zero-order chi connectivity index (χ0) is 43.4. The number of hydrogen-bond donors (Lipinski definition) is 3. The van der Waals surface area contributed by atoms with Gasteiger partial charge in [-0.25, -0.2) is 9.37 Å². The van der Waals surface area contributed by atoms with Crippen molar-refractivity contribution in [3.05, 3.63) is 53.5 Å². The molecule has 2 saturated heterocycles. The predicted molar refractivity (Wildman–Crippen MR) is 216 cm³/mol. The van der Waals surface area contributed by atoms with E-state index < -0.39 is 36.0 Å². The van der Waals surface area contributed by atoms with Crippen LogP contribution in [0.25, 0.3) is 0 Å². The van der Waals surface area contributed by atoms with Crippen molar-refractivity contribution in [1.82, 2.24) is 25.5 Å². The van der Waals surface area contributed by atoms with Crippen LogP contribution in [0.2, 0.25) is 0 Å². The molecule has 4 heterocycles. The van der Waals surface area contributed by atoms with Crippen LogP contribution >= 0.6 is 0 Å². The van der Waals surface area contributed by atoms with Gasteiger partial charge < -0.3 is 39.5 Å². The van der Waals surface area contributed by atoms with Crippen LogP contribution in [0.1, 0.15) is 86.0 Å². The summed E-state index contributed by atoms with van der Waals surface area (Å²) in [5, 5.41) is 8.12. The highest BCUT2D eigenvalue weighted by Crippen LogP contribution is 2.41. The molecule has 326 valence electrons. The monoisotopic (exact) mass is 850 g/mol. The zero-order valence-corrected chi connectivity index (χ0v) is 34.2. The average Bonchev–Trinajstić information content (AvgIpc) is 3.77. The van der Waals surface area contributed by atoms with Crippen molar-refractivity contribution < 1.29 is 51.4 Å². The second kappa shape index (κ2) is 18.2. The smallest absolute Gasteiger partial charge is 0.342 e. The Morgan fingerprint density at radius 2 is 1.72 bits per heavy atom. The molecule has 3 aromatic rings. The minimum absolute atomic E-state index is 0.0468. The Labute approximate surface area is 350 Å². The molecule has 5 amide bonds. The van der Waals surface area contributed by atoms with Gasteiger partial charge in [0.1, 0.15) is 28.8 Å². The Balaban J connectivity index is 0.914. The summed E-state index contributed by atoms with van der Waals surface area (Å²) in [5.41, 5.74) is 0.573. The van der Waals surface area contributed by atoms with Crippen molar-refractivity contribution in [1.29, 1.82) is 0 Å². The number of halogens is 3. The van der Waals surface area contributed by atoms with Crippen LogP contribution in [-0.4, -0.2) is 110 Å². The number of aromatic nitrogens is 2. The highest BCUT2D eigenvalue weighted by molar-refractivity contribution is 6.02. The van der Waals surface area contributed by atoms with Crippen LogP contribution in [0.4, 0.5) is 36.3 Å². The van der Waals surface area contributed by atoms with E-state index in [1.165, 1.54) is 38.4 Å². The Hall–Kier alpha value is -6.14. The summed E-state index contributed by atoms with van der Waals surface area (Å²) in [6.07, 6.45) is 6.53. The minimum Gasteiger partial charge on any atom is -0.496 e. The second-order valence-corrected chi connectivity index (χ2v) is 15.7. The molecule has 7 rings (SSSR count). The van der Waals surface area contributed by atoms with Gasteiger partial charge in [-0.1, -0.05) is 12.8 Å². The quantitative estimate of drug-likeness (QED) is 0.157. The van der Waals surface area contributed by atoms with Crippen LogP contribution in [0, 0.1) is 5.82 Å². The van der Waals surface area contributed by atoms with Gasteiger partial charge in [-0.05, 0) is 62.8 Å². The summed E-state index contributed by atoms with van der Waals surface area (Å²) >= 11 is 0. The summed E-state index contributed by atoms with van der Waals surface area (Å²) in [6.45, 7) is 0.215. The molecule has 16 nitrogen and oxygen atoms in total. The number of nitrogens with one attached hydrogen (secondary N) is 3. The fourth-order valence-electron chi connectivity index (χ4n) is 8.39. The van der Waals surface area contributed by atoms with Gasteiger partial charge in [0.15, 0.2) is 5.82 Å². The maximum absolute atomic E-state index is 15.6. The summed E-state index contributed by atoms with van der Waals surface area (Å²) in [6, 6.07) is 6.91. The normalized spacial score (nSPS) is 19.5. The number of alkyl halides is 2. The predicted octanol–water partition coefficient (Wildman–Crippen LogP) is 4.84. The summed E-state index contributed by atoms with van der Waals surface area (Å²) in [7, 11) is 4.11. The Morgan fingerprint density at radius 3 is 2.43 bits per heavy atom. The third-order valence-corrected chi connectivity index (χ3v) is 11.7. The molecule has 1 unspecified atom stereocenters. The first-order valence-corrected chi connectivity index (χ1v) is 20.4. The number of anilines is 4. The molecule has 1 atom stereocenters. The Morgan fingerprint density at radius 1 is 0.984 bits per heavy atom. The van der Waals surface area contributed by atoms with Crippen molar-refractivity contribution in [3.8, 4) is 17.2 Å². The maximum Gasteiger partial charge on any atom is 0.342 e. The van der Waals surface area contributed by atoms with E-state index in [9.17, 15) is 24.0 Å². The molecule has 3 aliphatic heterocycles. The lowest BCUT2D eigenvalue weighted by molar-refractivity contribution is -0.140. The summed E-state index contributed by atoms with van der Waals surface area (Å²) in [4.78, 5) is 75.9. The van der Waals surface area contributed by atoms with Crippen LogP contribution in [0.3, 0.4) is 0 Å². The second-order valence-electron chi connectivity index (χ2n) is 15.7. The van der Waals surface area contributed by atoms with Gasteiger partial charge in [0, 0.05) is 56.7 Å². The molecule has 4 aliphatic rings. The maximum atomic E-state index is 15.6. The number of benzene rings is 2. The summed E-state index contributed by atoms with van der Waals surface area (Å²) < 4.78 is 62.5. The number of rotatable bonds is 13. The van der Waals surface area contributed by atoms with E-state index in [2.05, 4.69) is 25.9 Å². The number of carbonyl (C=O) groups is 5. The Kier molecular flexibility index (Phi) is 12.8. The van der Waals surface area contributed by atoms with E-state index in [1.807, 2.05) is 0 Å². The molecule has 19 heteroatoms. The first-order valence-electron chi connectivity index (χ1n) is 20.4. The molecule has 1 aromatic heterocycles. The number of imide groups is 1. The molecule has 2 aromatic carbocycles. The van der Waals surface area contributed by atoms with Crippen molar-refractivity contribution in [2.45, 2.75) is 88.1 Å². The number of amides is 5. The summed E-state index contributed by atoms with van der Waals surface area (Å²) in [5.74, 6) is -6.58. The molecular weight excluding hydrogens is 802 g/mol. The Bertz CT molecular complexity index is 2180. The van der Waals surface area contributed by atoms with E-state index in [4.69, 9.17) is 14.2 Å². The van der Waals surface area contributed by atoms with Gasteiger partial charge in [0.2, 0.25) is 23.7 Å².